The van der Waals surface area contributed by atoms with Gasteiger partial charge in [-0.3, -0.25) is 14.4 Å². The number of carbonyl (C=O) groups is 3. The number of carbonyl (C=O) groups excluding carboxylic acids is 3. The molecule has 0 spiro atoms. The van der Waals surface area contributed by atoms with E-state index in [1.807, 2.05) is 0 Å². The minimum absolute atomic E-state index is 0.0676. The van der Waals surface area contributed by atoms with Gasteiger partial charge in [0.25, 0.3) is 0 Å². The Labute approximate surface area is 259 Å². The van der Waals surface area contributed by atoms with Crippen molar-refractivity contribution in [2.75, 3.05) is 13.2 Å². The van der Waals surface area contributed by atoms with Gasteiger partial charge in [-0.2, -0.15) is 0 Å². The van der Waals surface area contributed by atoms with E-state index < -0.39 is 6.10 Å². The molecule has 6 heteroatoms. The van der Waals surface area contributed by atoms with Crippen LogP contribution in [-0.4, -0.2) is 37.2 Å². The van der Waals surface area contributed by atoms with E-state index in [-0.39, 0.29) is 31.1 Å². The molecule has 248 valence electrons. The molecule has 0 radical (unpaired) electrons. The minimum Gasteiger partial charge on any atom is -0.462 e. The summed E-state index contributed by atoms with van der Waals surface area (Å²) in [4.78, 5) is 37.0. The Balaban J connectivity index is 4.30. The fraction of sp³-hybridized carbons (Fsp3) is 0.917. The fourth-order valence-corrected chi connectivity index (χ4v) is 5.00. The molecule has 0 aromatic carbocycles. The first-order valence-electron chi connectivity index (χ1n) is 17.9. The van der Waals surface area contributed by atoms with Crippen molar-refractivity contribution in [2.45, 2.75) is 194 Å². The number of unbranched alkanes of at least 4 members (excludes halogenated alkanes) is 17. The zero-order valence-corrected chi connectivity index (χ0v) is 28.2. The molecule has 0 aromatic rings. The predicted molar refractivity (Wildman–Crippen MR) is 173 cm³/mol. The van der Waals surface area contributed by atoms with Crippen LogP contribution in [0.2, 0.25) is 0 Å². The summed E-state index contributed by atoms with van der Waals surface area (Å²) in [5, 5.41) is 0. The lowest BCUT2D eigenvalue weighted by molar-refractivity contribution is -0.167. The van der Waals surface area contributed by atoms with Crippen LogP contribution in [0.3, 0.4) is 0 Å². The van der Waals surface area contributed by atoms with Crippen molar-refractivity contribution in [1.29, 1.82) is 0 Å². The van der Waals surface area contributed by atoms with E-state index in [2.05, 4.69) is 27.7 Å². The number of hydrogen-bond donors (Lipinski definition) is 0. The van der Waals surface area contributed by atoms with Gasteiger partial charge in [-0.15, -0.1) is 0 Å². The van der Waals surface area contributed by atoms with Gasteiger partial charge in [0.2, 0.25) is 0 Å². The van der Waals surface area contributed by atoms with Crippen molar-refractivity contribution in [3.63, 3.8) is 0 Å². The van der Waals surface area contributed by atoms with Gasteiger partial charge in [0.05, 0.1) is 0 Å². The zero-order chi connectivity index (χ0) is 31.1. The first-order chi connectivity index (χ1) is 20.4. The molecule has 0 N–H and O–H groups in total. The molecule has 0 saturated carbocycles. The molecule has 0 amide bonds. The first kappa shape index (κ1) is 40.4. The standard InChI is InChI=1S/C36H68O6/c1-5-8-10-12-15-20-24-28-35(38)41-31-33(30-40-34(37)27-23-18-11-9-6-2)42-36(39)29-25-21-17-14-13-16-19-22-26-32(4)7-3/h32-33H,5-31H2,1-4H3/t32?,33-/m1/s1. The maximum absolute atomic E-state index is 12.5. The molecule has 0 fully saturated rings. The second-order valence-electron chi connectivity index (χ2n) is 12.4. The van der Waals surface area contributed by atoms with Crippen molar-refractivity contribution < 1.29 is 28.6 Å². The molecule has 2 atom stereocenters. The lowest BCUT2D eigenvalue weighted by atomic mass is 9.99. The number of rotatable bonds is 31. The molecule has 0 aromatic heterocycles. The lowest BCUT2D eigenvalue weighted by Crippen LogP contribution is -2.30. The SMILES string of the molecule is CCCCCCCCCC(=O)OC[C@@H](COC(=O)CCCCCCC)OC(=O)CCCCCCCCCCC(C)CC. The van der Waals surface area contributed by atoms with Gasteiger partial charge in [-0.25, -0.2) is 0 Å². The molecule has 6 nitrogen and oxygen atoms in total. The molecule has 0 aliphatic carbocycles. The largest absolute Gasteiger partial charge is 0.462 e. The fourth-order valence-electron chi connectivity index (χ4n) is 5.00. The zero-order valence-electron chi connectivity index (χ0n) is 28.2. The van der Waals surface area contributed by atoms with E-state index in [9.17, 15) is 14.4 Å². The molecule has 42 heavy (non-hydrogen) atoms. The summed E-state index contributed by atoms with van der Waals surface area (Å²) in [6.07, 6.45) is 25.5. The Hall–Kier alpha value is -1.59. The average molecular weight is 597 g/mol. The van der Waals surface area contributed by atoms with Gasteiger partial charge in [-0.05, 0) is 25.2 Å². The van der Waals surface area contributed by atoms with Crippen LogP contribution in [0, 0.1) is 5.92 Å². The Bertz CT molecular complexity index is 634. The van der Waals surface area contributed by atoms with E-state index in [4.69, 9.17) is 14.2 Å². The second-order valence-corrected chi connectivity index (χ2v) is 12.4. The number of esters is 3. The summed E-state index contributed by atoms with van der Waals surface area (Å²) in [6, 6.07) is 0. The van der Waals surface area contributed by atoms with E-state index in [1.165, 1.54) is 77.0 Å². The molecular weight excluding hydrogens is 528 g/mol. The van der Waals surface area contributed by atoms with Crippen molar-refractivity contribution in [2.24, 2.45) is 5.92 Å². The van der Waals surface area contributed by atoms with E-state index >= 15 is 0 Å². The monoisotopic (exact) mass is 597 g/mol. The van der Waals surface area contributed by atoms with Crippen molar-refractivity contribution in [3.05, 3.63) is 0 Å². The smallest absolute Gasteiger partial charge is 0.306 e. The molecular formula is C36H68O6. The summed E-state index contributed by atoms with van der Waals surface area (Å²) in [5.41, 5.74) is 0. The van der Waals surface area contributed by atoms with Crippen molar-refractivity contribution in [3.8, 4) is 0 Å². The van der Waals surface area contributed by atoms with Crippen molar-refractivity contribution >= 4 is 17.9 Å². The van der Waals surface area contributed by atoms with Crippen LogP contribution in [0.5, 0.6) is 0 Å². The minimum atomic E-state index is -0.755. The van der Waals surface area contributed by atoms with Gasteiger partial charge in [0, 0.05) is 19.3 Å². The van der Waals surface area contributed by atoms with Gasteiger partial charge < -0.3 is 14.2 Å². The van der Waals surface area contributed by atoms with Gasteiger partial charge in [0.1, 0.15) is 13.2 Å². The quantitative estimate of drug-likeness (QED) is 0.0450. The Morgan fingerprint density at radius 2 is 0.833 bits per heavy atom. The number of ether oxygens (including phenoxy) is 3. The van der Waals surface area contributed by atoms with Gasteiger partial charge in [-0.1, -0.05) is 150 Å². The summed E-state index contributed by atoms with van der Waals surface area (Å²) in [5.74, 6) is -0.0453. The second kappa shape index (κ2) is 30.9. The van der Waals surface area contributed by atoms with E-state index in [0.717, 1.165) is 70.1 Å². The lowest BCUT2D eigenvalue weighted by Gasteiger charge is -2.18. The molecule has 0 rings (SSSR count). The van der Waals surface area contributed by atoms with Crippen molar-refractivity contribution in [1.82, 2.24) is 0 Å². The van der Waals surface area contributed by atoms with Crippen LogP contribution in [0.25, 0.3) is 0 Å². The highest BCUT2D eigenvalue weighted by molar-refractivity contribution is 5.71. The maximum Gasteiger partial charge on any atom is 0.306 e. The Morgan fingerprint density at radius 3 is 1.24 bits per heavy atom. The average Bonchev–Trinajstić information content (AvgIpc) is 2.98. The van der Waals surface area contributed by atoms with Crippen LogP contribution >= 0.6 is 0 Å². The first-order valence-corrected chi connectivity index (χ1v) is 17.9. The van der Waals surface area contributed by atoms with E-state index in [1.54, 1.807) is 0 Å². The molecule has 0 aliphatic heterocycles. The van der Waals surface area contributed by atoms with Crippen LogP contribution < -0.4 is 0 Å². The summed E-state index contributed by atoms with van der Waals surface area (Å²) in [7, 11) is 0. The van der Waals surface area contributed by atoms with E-state index in [0.29, 0.717) is 19.3 Å². The highest BCUT2D eigenvalue weighted by atomic mass is 16.6. The van der Waals surface area contributed by atoms with Crippen LogP contribution in [-0.2, 0) is 28.6 Å². The summed E-state index contributed by atoms with van der Waals surface area (Å²) >= 11 is 0. The third kappa shape index (κ3) is 28.5. The Kier molecular flexibility index (Phi) is 29.7. The third-order valence-corrected chi connectivity index (χ3v) is 8.15. The normalized spacial score (nSPS) is 12.6. The molecule has 0 aliphatic rings. The van der Waals surface area contributed by atoms with Crippen LogP contribution in [0.1, 0.15) is 188 Å². The number of hydrogen-bond acceptors (Lipinski definition) is 6. The highest BCUT2D eigenvalue weighted by Gasteiger charge is 2.19. The van der Waals surface area contributed by atoms with Crippen LogP contribution in [0.15, 0.2) is 0 Å². The summed E-state index contributed by atoms with van der Waals surface area (Å²) in [6.45, 7) is 8.83. The predicted octanol–water partition coefficient (Wildman–Crippen LogP) is 10.4. The van der Waals surface area contributed by atoms with Gasteiger partial charge >= 0.3 is 17.9 Å². The topological polar surface area (TPSA) is 78.9 Å². The molecule has 0 heterocycles. The van der Waals surface area contributed by atoms with Crippen LogP contribution in [0.4, 0.5) is 0 Å². The third-order valence-electron chi connectivity index (χ3n) is 8.15. The molecule has 0 saturated heterocycles. The van der Waals surface area contributed by atoms with Gasteiger partial charge in [0.15, 0.2) is 6.10 Å². The summed E-state index contributed by atoms with van der Waals surface area (Å²) < 4.78 is 16.4. The Morgan fingerprint density at radius 1 is 0.476 bits per heavy atom. The molecule has 1 unspecified atom stereocenters. The molecule has 0 bridgehead atoms. The maximum atomic E-state index is 12.5. The highest BCUT2D eigenvalue weighted by Crippen LogP contribution is 2.16.